The van der Waals surface area contributed by atoms with Crippen LogP contribution in [0.5, 0.6) is 23.0 Å². The molecule has 0 fully saturated rings. The highest BCUT2D eigenvalue weighted by Gasteiger charge is 2.24. The molecule has 0 bridgehead atoms. The van der Waals surface area contributed by atoms with Crippen molar-refractivity contribution in [2.24, 2.45) is 0 Å². The number of rotatable bonds is 0. The van der Waals surface area contributed by atoms with E-state index in [-0.39, 0.29) is 0 Å². The number of benzene rings is 9. The molecule has 328 valence electrons. The van der Waals surface area contributed by atoms with Crippen molar-refractivity contribution < 1.29 is 18.9 Å². The summed E-state index contributed by atoms with van der Waals surface area (Å²) in [5, 5.41) is 9.38. The van der Waals surface area contributed by atoms with Crippen LogP contribution in [0.2, 0.25) is 0 Å². The Hall–Kier alpha value is -6.24. The van der Waals surface area contributed by atoms with Crippen LogP contribution >= 0.6 is 69.8 Å². The number of hydrogen-bond donors (Lipinski definition) is 0. The Morgan fingerprint density at radius 1 is 0.313 bits per heavy atom. The van der Waals surface area contributed by atoms with Gasteiger partial charge in [0.15, 0.2) is 0 Å². The molecule has 0 unspecified atom stereocenters. The quantitative estimate of drug-likeness (QED) is 0.141. The van der Waals surface area contributed by atoms with Crippen LogP contribution in [0.4, 0.5) is 0 Å². The van der Waals surface area contributed by atoms with Gasteiger partial charge >= 0.3 is 0 Å². The minimum atomic E-state index is 0.502. The number of hydrogen-bond acceptors (Lipinski definition) is 10. The molecule has 0 saturated heterocycles. The van der Waals surface area contributed by atoms with Gasteiger partial charge in [-0.2, -0.15) is 0 Å². The predicted octanol–water partition coefficient (Wildman–Crippen LogP) is 18.0. The molecule has 0 aliphatic carbocycles. The van der Waals surface area contributed by atoms with E-state index in [1.165, 1.54) is 27.1 Å². The van der Waals surface area contributed by atoms with E-state index in [0.29, 0.717) is 26.4 Å². The van der Waals surface area contributed by atoms with Gasteiger partial charge in [-0.3, -0.25) is 0 Å². The maximum Gasteiger partial charge on any atom is 0.144 e. The molecule has 67 heavy (non-hydrogen) atoms. The molecule has 13 rings (SSSR count). The second-order valence-electron chi connectivity index (χ2n) is 16.0. The predicted molar refractivity (Wildman–Crippen MR) is 288 cm³/mol. The van der Waals surface area contributed by atoms with Gasteiger partial charge in [0.05, 0.1) is 19.5 Å². The fraction of sp³-hybridized carbons (Fsp3) is 0.0877. The Bertz CT molecular complexity index is 3290. The van der Waals surface area contributed by atoms with E-state index in [2.05, 4.69) is 165 Å². The summed E-state index contributed by atoms with van der Waals surface area (Å²) < 4.78 is 27.5. The van der Waals surface area contributed by atoms with Gasteiger partial charge in [0, 0.05) is 22.3 Å². The highest BCUT2D eigenvalue weighted by molar-refractivity contribution is 7.76. The molecule has 10 heteroatoms. The van der Waals surface area contributed by atoms with Crippen molar-refractivity contribution in [1.82, 2.24) is 0 Å². The summed E-state index contributed by atoms with van der Waals surface area (Å²) in [7, 11) is 0. The van der Waals surface area contributed by atoms with E-state index in [4.69, 9.17) is 43.4 Å². The smallest absolute Gasteiger partial charge is 0.144 e. The molecule has 2 aromatic heterocycles. The van der Waals surface area contributed by atoms with E-state index in [0.717, 1.165) is 92.6 Å². The molecule has 2 aliphatic rings. The van der Waals surface area contributed by atoms with Crippen molar-refractivity contribution in [3.63, 3.8) is 0 Å². The summed E-state index contributed by atoms with van der Waals surface area (Å²) in [6, 6.07) is 60.9. The Morgan fingerprint density at radius 2 is 0.567 bits per heavy atom. The van der Waals surface area contributed by atoms with E-state index in [1.54, 1.807) is 45.3 Å². The molecule has 4 nitrogen and oxygen atoms in total. The average Bonchev–Trinajstić information content (AvgIpc) is 3.93. The van der Waals surface area contributed by atoms with Crippen LogP contribution in [-0.4, -0.2) is 0 Å². The fourth-order valence-corrected chi connectivity index (χ4v) is 14.0. The van der Waals surface area contributed by atoms with Crippen LogP contribution in [0.3, 0.4) is 0 Å². The minimum absolute atomic E-state index is 0.502. The topological polar surface area (TPSA) is 36.9 Å². The van der Waals surface area contributed by atoms with Crippen LogP contribution < -0.4 is 18.9 Å². The van der Waals surface area contributed by atoms with Gasteiger partial charge in [-0.15, -0.1) is 45.3 Å². The van der Waals surface area contributed by atoms with Gasteiger partial charge in [-0.1, -0.05) is 182 Å². The molecule has 11 aromatic rings. The van der Waals surface area contributed by atoms with E-state index < -0.39 is 0 Å². The zero-order chi connectivity index (χ0) is 45.3. The monoisotopic (exact) mass is 980 g/mol. The zero-order valence-electron chi connectivity index (χ0n) is 36.2. The van der Waals surface area contributed by atoms with Gasteiger partial charge in [0.1, 0.15) is 55.7 Å². The molecular weight excluding hydrogens is 941 g/mol. The first kappa shape index (κ1) is 43.3. The Labute approximate surface area is 414 Å². The number of fused-ring (bicyclic) bond motifs is 16. The van der Waals surface area contributed by atoms with Gasteiger partial charge in [-0.25, -0.2) is 0 Å². The molecule has 9 aromatic carbocycles. The summed E-state index contributed by atoms with van der Waals surface area (Å²) >= 11 is 17.4. The summed E-state index contributed by atoms with van der Waals surface area (Å²) in [6.07, 6.45) is 0. The third-order valence-electron chi connectivity index (χ3n) is 11.9. The van der Waals surface area contributed by atoms with Crippen LogP contribution in [0.1, 0.15) is 25.1 Å². The van der Waals surface area contributed by atoms with E-state index in [9.17, 15) is 0 Å². The number of ether oxygens (including phenoxy) is 4. The second kappa shape index (κ2) is 19.2. The third-order valence-corrected chi connectivity index (χ3v) is 17.3. The third kappa shape index (κ3) is 8.89. The normalized spacial score (nSPS) is 12.6. The highest BCUT2D eigenvalue weighted by atomic mass is 32.2. The maximum atomic E-state index is 6.43. The Balaban J connectivity index is 0.000000129. The molecule has 0 saturated carbocycles. The van der Waals surface area contributed by atoms with Crippen molar-refractivity contribution in [2.45, 2.75) is 33.4 Å². The lowest BCUT2D eigenvalue weighted by Crippen LogP contribution is -2.04. The molecule has 2 aliphatic heterocycles. The van der Waals surface area contributed by atoms with E-state index in [1.807, 2.05) is 18.2 Å². The van der Waals surface area contributed by atoms with Crippen LogP contribution in [-0.2, 0) is 26.4 Å². The van der Waals surface area contributed by atoms with Crippen LogP contribution in [0.15, 0.2) is 176 Å². The maximum absolute atomic E-state index is 6.43. The van der Waals surface area contributed by atoms with Gasteiger partial charge in [0.25, 0.3) is 0 Å². The zero-order valence-corrected chi connectivity index (χ0v) is 41.1. The molecule has 0 N–H and O–H groups in total. The SMILES string of the molecule is Cc1ccccc1.S=c1sc2c(s1)COc1ccc3ccccc3c1-c1c(ccc3ccccc13)OC2.S=c1sc2c(s1)COc1ccc3ccccc3c1-c1c(ccc3ccccc13)OC2. The highest BCUT2D eigenvalue weighted by Crippen LogP contribution is 2.49. The van der Waals surface area contributed by atoms with Gasteiger partial charge in [-0.05, 0) is 74.3 Å². The first-order chi connectivity index (χ1) is 32.9. The molecule has 4 heterocycles. The van der Waals surface area contributed by atoms with Crippen molar-refractivity contribution in [2.75, 3.05) is 0 Å². The summed E-state index contributed by atoms with van der Waals surface area (Å²) in [5.41, 5.74) is 5.66. The molecule has 0 radical (unpaired) electrons. The van der Waals surface area contributed by atoms with Crippen molar-refractivity contribution in [3.8, 4) is 45.3 Å². The lowest BCUT2D eigenvalue weighted by molar-refractivity contribution is 0.289. The summed E-state index contributed by atoms with van der Waals surface area (Å²) in [6.45, 7) is 4.09. The Morgan fingerprint density at radius 3 is 0.821 bits per heavy atom. The van der Waals surface area contributed by atoms with E-state index >= 15 is 0 Å². The summed E-state index contributed by atoms with van der Waals surface area (Å²) in [4.78, 5) is 4.59. The second-order valence-corrected chi connectivity index (χ2v) is 22.8. The molecule has 0 amide bonds. The van der Waals surface area contributed by atoms with Crippen molar-refractivity contribution in [3.05, 3.63) is 207 Å². The molecule has 0 atom stereocenters. The Kier molecular flexibility index (Phi) is 12.4. The number of aryl methyl sites for hydroxylation is 1. The van der Waals surface area contributed by atoms with Crippen LogP contribution in [0.25, 0.3) is 65.3 Å². The lowest BCUT2D eigenvalue weighted by Gasteiger charge is -2.21. The standard InChI is InChI=1S/2C25H16O2S3.C7H8/c2*28-25-29-21-13-26-19-11-9-15-5-1-3-7-17(15)23(19)24-18-8-4-2-6-16(18)10-12-20(24)27-14-22(21)30-25;1-7-5-3-2-4-6-7/h2*1-12H,13-14H2;2-6H,1H3. The molecule has 0 spiro atoms. The lowest BCUT2D eigenvalue weighted by atomic mass is 9.92. The first-order valence-electron chi connectivity index (χ1n) is 21.8. The van der Waals surface area contributed by atoms with Gasteiger partial charge in [0.2, 0.25) is 0 Å². The first-order valence-corrected chi connectivity index (χ1v) is 25.9. The van der Waals surface area contributed by atoms with Gasteiger partial charge < -0.3 is 18.9 Å². The largest absolute Gasteiger partial charge is 0.487 e. The molecular formula is C57H40O4S6. The van der Waals surface area contributed by atoms with Crippen molar-refractivity contribution in [1.29, 1.82) is 0 Å². The average molecular weight is 981 g/mol. The van der Waals surface area contributed by atoms with Crippen LogP contribution in [0, 0.1) is 13.2 Å². The minimum Gasteiger partial charge on any atom is -0.487 e. The fourth-order valence-electron chi connectivity index (χ4n) is 8.74. The summed E-state index contributed by atoms with van der Waals surface area (Å²) in [5.74, 6) is 3.47. The van der Waals surface area contributed by atoms with Crippen molar-refractivity contribution >= 4 is 113 Å².